The van der Waals surface area contributed by atoms with Crippen LogP contribution >= 0.6 is 0 Å². The first-order valence-corrected chi connectivity index (χ1v) is 5.45. The zero-order valence-electron chi connectivity index (χ0n) is 8.05. The van der Waals surface area contributed by atoms with E-state index in [0.29, 0.717) is 12.0 Å². The predicted molar refractivity (Wildman–Crippen MR) is 50.2 cm³/mol. The molecule has 3 rings (SSSR count). The molecule has 0 heterocycles. The second-order valence-electron chi connectivity index (χ2n) is 5.01. The van der Waals surface area contributed by atoms with Crippen LogP contribution < -0.4 is 5.32 Å². The van der Waals surface area contributed by atoms with Crippen LogP contribution in [0.25, 0.3) is 0 Å². The quantitative estimate of drug-likeness (QED) is 0.673. The first kappa shape index (κ1) is 8.84. The zero-order valence-corrected chi connectivity index (χ0v) is 8.05. The van der Waals surface area contributed by atoms with Crippen molar-refractivity contribution in [2.24, 2.45) is 11.8 Å². The molecule has 78 valence electrons. The van der Waals surface area contributed by atoms with Gasteiger partial charge < -0.3 is 5.32 Å². The van der Waals surface area contributed by atoms with Crippen LogP contribution in [0, 0.1) is 11.8 Å². The van der Waals surface area contributed by atoms with E-state index in [0.717, 1.165) is 12.3 Å². The summed E-state index contributed by atoms with van der Waals surface area (Å²) in [5, 5.41) is 3.37. The smallest absolute Gasteiger partial charge is 0.251 e. The fraction of sp³-hybridized carbons (Fsp3) is 0.818. The van der Waals surface area contributed by atoms with Gasteiger partial charge in [0.2, 0.25) is 0 Å². The summed E-state index contributed by atoms with van der Waals surface area (Å²) in [6, 6.07) is 0.550. The highest BCUT2D eigenvalue weighted by molar-refractivity contribution is 5.13. The van der Waals surface area contributed by atoms with Gasteiger partial charge in [-0.25, -0.2) is 8.78 Å². The van der Waals surface area contributed by atoms with Crippen LogP contribution in [0.15, 0.2) is 12.2 Å². The Bertz CT molecular complexity index is 266. The van der Waals surface area contributed by atoms with Gasteiger partial charge in [-0.1, -0.05) is 12.2 Å². The normalized spacial score (nSPS) is 44.3. The molecule has 14 heavy (non-hydrogen) atoms. The number of rotatable bonds is 2. The maximum Gasteiger partial charge on any atom is 0.251 e. The summed E-state index contributed by atoms with van der Waals surface area (Å²) < 4.78 is 25.2. The molecule has 0 spiro atoms. The van der Waals surface area contributed by atoms with Crippen LogP contribution in [0.4, 0.5) is 8.78 Å². The van der Waals surface area contributed by atoms with E-state index >= 15 is 0 Å². The van der Waals surface area contributed by atoms with Crippen molar-refractivity contribution in [1.82, 2.24) is 5.32 Å². The van der Waals surface area contributed by atoms with Crippen molar-refractivity contribution in [1.29, 1.82) is 0 Å². The summed E-state index contributed by atoms with van der Waals surface area (Å²) in [5.74, 6) is -1.04. The molecule has 1 nitrogen and oxygen atoms in total. The minimum absolute atomic E-state index is 0.0462. The number of hydrogen-bond donors (Lipinski definition) is 1. The third kappa shape index (κ3) is 1.38. The Kier molecular flexibility index (Phi) is 1.76. The average molecular weight is 199 g/mol. The third-order valence-corrected chi connectivity index (χ3v) is 3.82. The van der Waals surface area contributed by atoms with Gasteiger partial charge in [-0.15, -0.1) is 0 Å². The summed E-state index contributed by atoms with van der Waals surface area (Å²) in [6.07, 6.45) is 7.01. The largest absolute Gasteiger partial charge is 0.310 e. The fourth-order valence-electron chi connectivity index (χ4n) is 3.05. The molecular weight excluding hydrogens is 184 g/mol. The third-order valence-electron chi connectivity index (χ3n) is 3.82. The number of halogens is 2. The monoisotopic (exact) mass is 199 g/mol. The van der Waals surface area contributed by atoms with Crippen molar-refractivity contribution >= 4 is 0 Å². The Labute approximate surface area is 82.6 Å². The van der Waals surface area contributed by atoms with Crippen LogP contribution in [0.5, 0.6) is 0 Å². The van der Waals surface area contributed by atoms with Gasteiger partial charge in [-0.05, 0) is 24.7 Å². The van der Waals surface area contributed by atoms with Gasteiger partial charge in [0.05, 0.1) is 0 Å². The number of nitrogens with one attached hydrogen (secondary N) is 1. The molecule has 0 aliphatic heterocycles. The Morgan fingerprint density at radius 1 is 1.14 bits per heavy atom. The van der Waals surface area contributed by atoms with E-state index in [4.69, 9.17) is 0 Å². The van der Waals surface area contributed by atoms with Gasteiger partial charge in [0, 0.05) is 24.9 Å². The SMILES string of the molecule is FC1(F)CC(NC2C[C@@H]3C=C[C@H]2C3)C1. The van der Waals surface area contributed by atoms with Crippen molar-refractivity contribution < 1.29 is 8.78 Å². The van der Waals surface area contributed by atoms with E-state index in [2.05, 4.69) is 17.5 Å². The lowest BCUT2D eigenvalue weighted by molar-refractivity contribution is -0.0952. The first-order chi connectivity index (χ1) is 6.62. The molecule has 2 saturated carbocycles. The molecule has 2 fully saturated rings. The fourth-order valence-corrected chi connectivity index (χ4v) is 3.05. The van der Waals surface area contributed by atoms with Gasteiger partial charge in [0.25, 0.3) is 5.92 Å². The second-order valence-corrected chi connectivity index (χ2v) is 5.01. The van der Waals surface area contributed by atoms with Gasteiger partial charge in [0.15, 0.2) is 0 Å². The van der Waals surface area contributed by atoms with E-state index < -0.39 is 5.92 Å². The Hall–Kier alpha value is -0.440. The van der Waals surface area contributed by atoms with Crippen molar-refractivity contribution in [3.05, 3.63) is 12.2 Å². The van der Waals surface area contributed by atoms with Gasteiger partial charge >= 0.3 is 0 Å². The molecule has 0 aromatic carbocycles. The van der Waals surface area contributed by atoms with Crippen LogP contribution in [-0.4, -0.2) is 18.0 Å². The first-order valence-electron chi connectivity index (χ1n) is 5.45. The second kappa shape index (κ2) is 2.78. The number of allylic oxidation sites excluding steroid dienone is 1. The molecular formula is C11H15F2N. The predicted octanol–water partition coefficient (Wildman–Crippen LogP) is 2.34. The zero-order chi connectivity index (χ0) is 9.76. The van der Waals surface area contributed by atoms with Crippen molar-refractivity contribution in [2.75, 3.05) is 0 Å². The minimum Gasteiger partial charge on any atom is -0.310 e. The summed E-state index contributed by atoms with van der Waals surface area (Å²) in [5.41, 5.74) is 0. The molecule has 3 heteroatoms. The highest BCUT2D eigenvalue weighted by atomic mass is 19.3. The molecule has 2 bridgehead atoms. The molecule has 0 radical (unpaired) electrons. The molecule has 3 atom stereocenters. The molecule has 0 aromatic rings. The Morgan fingerprint density at radius 3 is 2.43 bits per heavy atom. The molecule has 3 aliphatic rings. The highest BCUT2D eigenvalue weighted by Crippen LogP contribution is 2.42. The van der Waals surface area contributed by atoms with Gasteiger partial charge in [0.1, 0.15) is 0 Å². The molecule has 0 amide bonds. The van der Waals surface area contributed by atoms with Crippen molar-refractivity contribution in [2.45, 2.75) is 43.7 Å². The summed E-state index contributed by atoms with van der Waals surface area (Å²) >= 11 is 0. The van der Waals surface area contributed by atoms with Crippen molar-refractivity contribution in [3.63, 3.8) is 0 Å². The van der Waals surface area contributed by atoms with Crippen LogP contribution in [-0.2, 0) is 0 Å². The topological polar surface area (TPSA) is 12.0 Å². The average Bonchev–Trinajstić information content (AvgIpc) is 2.61. The Balaban J connectivity index is 1.53. The maximum absolute atomic E-state index is 12.6. The van der Waals surface area contributed by atoms with Crippen LogP contribution in [0.1, 0.15) is 25.7 Å². The molecule has 3 aliphatic carbocycles. The number of alkyl halides is 2. The standard InChI is InChI=1S/C11H15F2N/c12-11(13)5-9(6-11)14-10-4-7-1-2-8(10)3-7/h1-2,7-10,14H,3-6H2/t7-,8+,10?/m1/s1. The maximum atomic E-state index is 12.6. The molecule has 0 saturated heterocycles. The summed E-state index contributed by atoms with van der Waals surface area (Å²) in [4.78, 5) is 0. The van der Waals surface area contributed by atoms with E-state index in [1.165, 1.54) is 6.42 Å². The number of fused-ring (bicyclic) bond motifs is 2. The lowest BCUT2D eigenvalue weighted by Gasteiger charge is -2.38. The van der Waals surface area contributed by atoms with E-state index in [1.807, 2.05) is 0 Å². The number of hydrogen-bond acceptors (Lipinski definition) is 1. The van der Waals surface area contributed by atoms with Crippen LogP contribution in [0.3, 0.4) is 0 Å². The summed E-state index contributed by atoms with van der Waals surface area (Å²) in [6.45, 7) is 0. The van der Waals surface area contributed by atoms with Crippen LogP contribution in [0.2, 0.25) is 0 Å². The lowest BCUT2D eigenvalue weighted by Crippen LogP contribution is -2.52. The van der Waals surface area contributed by atoms with E-state index in [9.17, 15) is 8.78 Å². The molecule has 1 unspecified atom stereocenters. The lowest BCUT2D eigenvalue weighted by atomic mass is 9.86. The highest BCUT2D eigenvalue weighted by Gasteiger charge is 2.47. The minimum atomic E-state index is -2.38. The van der Waals surface area contributed by atoms with Gasteiger partial charge in [-0.2, -0.15) is 0 Å². The Morgan fingerprint density at radius 2 is 1.93 bits per heavy atom. The van der Waals surface area contributed by atoms with Gasteiger partial charge in [-0.3, -0.25) is 0 Å². The van der Waals surface area contributed by atoms with E-state index in [1.54, 1.807) is 0 Å². The van der Waals surface area contributed by atoms with Crippen molar-refractivity contribution in [3.8, 4) is 0 Å². The summed E-state index contributed by atoms with van der Waals surface area (Å²) in [7, 11) is 0. The molecule has 1 N–H and O–H groups in total. The van der Waals surface area contributed by atoms with E-state index in [-0.39, 0.29) is 18.9 Å². The molecule has 0 aromatic heterocycles.